The molecule has 4 fully saturated rings. The van der Waals surface area contributed by atoms with Crippen molar-refractivity contribution < 1.29 is 17.9 Å². The summed E-state index contributed by atoms with van der Waals surface area (Å²) in [7, 11) is 0. The molecular formula is C23H28F3N5O. The highest BCUT2D eigenvalue weighted by atomic mass is 19.4. The Labute approximate surface area is 184 Å². The molecule has 2 N–H and O–H groups in total. The number of aromatic nitrogens is 3. The third-order valence-electron chi connectivity index (χ3n) is 7.78. The summed E-state index contributed by atoms with van der Waals surface area (Å²) in [5, 5.41) is 4.75. The maximum atomic E-state index is 13.3. The largest absolute Gasteiger partial charge is 0.419 e. The van der Waals surface area contributed by atoms with E-state index in [1.807, 2.05) is 6.07 Å². The molecule has 0 spiro atoms. The Hall–Kier alpha value is -2.13. The van der Waals surface area contributed by atoms with Crippen molar-refractivity contribution in [2.75, 3.05) is 32.0 Å². The number of nitrogens with zero attached hydrogens (tertiary/aromatic N) is 4. The number of ether oxygens (including phenoxy) is 1. The Morgan fingerprint density at radius 1 is 1.09 bits per heavy atom. The first-order chi connectivity index (χ1) is 15.4. The lowest BCUT2D eigenvalue weighted by atomic mass is 10.0. The van der Waals surface area contributed by atoms with Gasteiger partial charge in [0.05, 0.1) is 24.5 Å². The van der Waals surface area contributed by atoms with Crippen molar-refractivity contribution in [2.24, 2.45) is 17.8 Å². The number of nitrogens with two attached hydrogens (primary N) is 1. The van der Waals surface area contributed by atoms with Crippen LogP contribution < -0.4 is 5.73 Å². The van der Waals surface area contributed by atoms with E-state index in [2.05, 4.69) is 14.6 Å². The standard InChI is InChI=1S/C23H28F3N5O/c24-23(25,26)18-7-14(11-28-22(18)27)19-10-20(31(29-19)12-13-1-2-13)21-16-8-15(9-17(16)21)30-3-5-32-6-4-30/h7,10-11,13,15-17,21H,1-6,8-9,12H2,(H2,27,28)/t15-,16-,17+,21+. The lowest BCUT2D eigenvalue weighted by Gasteiger charge is -2.33. The van der Waals surface area contributed by atoms with E-state index in [0.717, 1.165) is 38.9 Å². The third kappa shape index (κ3) is 3.69. The summed E-state index contributed by atoms with van der Waals surface area (Å²) < 4.78 is 47.6. The van der Waals surface area contributed by atoms with Gasteiger partial charge >= 0.3 is 6.18 Å². The van der Waals surface area contributed by atoms with Crippen LogP contribution in [-0.2, 0) is 17.5 Å². The maximum Gasteiger partial charge on any atom is 0.419 e. The zero-order valence-electron chi connectivity index (χ0n) is 17.9. The van der Waals surface area contributed by atoms with Gasteiger partial charge in [-0.1, -0.05) is 0 Å². The fraction of sp³-hybridized carbons (Fsp3) is 0.652. The molecule has 32 heavy (non-hydrogen) atoms. The number of nitrogen functional groups attached to an aromatic ring is 1. The molecule has 6 nitrogen and oxygen atoms in total. The van der Waals surface area contributed by atoms with Crippen LogP contribution >= 0.6 is 0 Å². The topological polar surface area (TPSA) is 69.2 Å². The second-order valence-electron chi connectivity index (χ2n) is 9.86. The number of hydrogen-bond acceptors (Lipinski definition) is 5. The fourth-order valence-corrected chi connectivity index (χ4v) is 5.87. The molecule has 6 rings (SSSR count). The minimum atomic E-state index is -4.53. The first-order valence-electron chi connectivity index (χ1n) is 11.6. The van der Waals surface area contributed by atoms with Crippen LogP contribution in [0.25, 0.3) is 11.3 Å². The summed E-state index contributed by atoms with van der Waals surface area (Å²) in [4.78, 5) is 6.37. The average Bonchev–Trinajstić information content (AvgIpc) is 3.61. The molecule has 2 aromatic heterocycles. The molecule has 1 saturated heterocycles. The number of morpholine rings is 1. The first kappa shape index (κ1) is 20.5. The van der Waals surface area contributed by atoms with Gasteiger partial charge in [-0.25, -0.2) is 4.98 Å². The number of fused-ring (bicyclic) bond motifs is 1. The minimum absolute atomic E-state index is 0.374. The summed E-state index contributed by atoms with van der Waals surface area (Å²) in [6.07, 6.45) is 1.66. The molecule has 2 aromatic rings. The van der Waals surface area contributed by atoms with Gasteiger partial charge in [0, 0.05) is 49.0 Å². The van der Waals surface area contributed by atoms with Gasteiger partial charge in [0.2, 0.25) is 0 Å². The first-order valence-corrected chi connectivity index (χ1v) is 11.6. The van der Waals surface area contributed by atoms with Crippen molar-refractivity contribution in [3.05, 3.63) is 29.6 Å². The molecule has 3 saturated carbocycles. The number of rotatable bonds is 5. The van der Waals surface area contributed by atoms with Crippen LogP contribution in [0, 0.1) is 17.8 Å². The fourth-order valence-electron chi connectivity index (χ4n) is 5.87. The van der Waals surface area contributed by atoms with Gasteiger partial charge in [0.25, 0.3) is 0 Å². The summed E-state index contributed by atoms with van der Waals surface area (Å²) in [5.41, 5.74) is 6.72. The number of hydrogen-bond donors (Lipinski definition) is 1. The summed E-state index contributed by atoms with van der Waals surface area (Å²) in [5.74, 6) is 1.92. The molecule has 4 aliphatic rings. The number of halogens is 3. The Bertz CT molecular complexity index is 1000. The van der Waals surface area contributed by atoms with Crippen molar-refractivity contribution >= 4 is 5.82 Å². The Morgan fingerprint density at radius 2 is 1.81 bits per heavy atom. The third-order valence-corrected chi connectivity index (χ3v) is 7.78. The Kier molecular flexibility index (Phi) is 4.77. The summed E-state index contributed by atoms with van der Waals surface area (Å²) in [6, 6.07) is 3.72. The highest BCUT2D eigenvalue weighted by Gasteiger charge is 2.58. The summed E-state index contributed by atoms with van der Waals surface area (Å²) >= 11 is 0. The highest BCUT2D eigenvalue weighted by Crippen LogP contribution is 2.64. The van der Waals surface area contributed by atoms with E-state index in [-0.39, 0.29) is 0 Å². The van der Waals surface area contributed by atoms with Gasteiger partial charge in [-0.15, -0.1) is 0 Å². The number of pyridine rings is 1. The normalized spacial score (nSPS) is 30.5. The summed E-state index contributed by atoms with van der Waals surface area (Å²) in [6.45, 7) is 4.53. The second kappa shape index (κ2) is 7.45. The Balaban J connectivity index is 1.25. The van der Waals surface area contributed by atoms with Crippen LogP contribution in [0.5, 0.6) is 0 Å². The molecule has 3 aliphatic carbocycles. The van der Waals surface area contributed by atoms with Crippen LogP contribution in [0.1, 0.15) is 42.9 Å². The molecule has 0 aromatic carbocycles. The average molecular weight is 448 g/mol. The molecule has 172 valence electrons. The van der Waals surface area contributed by atoms with Crippen molar-refractivity contribution in [3.63, 3.8) is 0 Å². The molecule has 0 unspecified atom stereocenters. The quantitative estimate of drug-likeness (QED) is 0.756. The number of alkyl halides is 3. The molecule has 0 amide bonds. The van der Waals surface area contributed by atoms with Crippen LogP contribution in [0.3, 0.4) is 0 Å². The van der Waals surface area contributed by atoms with Crippen LogP contribution in [0.2, 0.25) is 0 Å². The molecule has 9 heteroatoms. The molecule has 0 radical (unpaired) electrons. The zero-order valence-corrected chi connectivity index (χ0v) is 17.9. The van der Waals surface area contributed by atoms with E-state index in [1.54, 1.807) is 0 Å². The van der Waals surface area contributed by atoms with Gasteiger partial charge in [0.1, 0.15) is 5.82 Å². The van der Waals surface area contributed by atoms with Gasteiger partial charge in [-0.2, -0.15) is 18.3 Å². The number of anilines is 1. The predicted molar refractivity (Wildman–Crippen MR) is 113 cm³/mol. The predicted octanol–water partition coefficient (Wildman–Crippen LogP) is 3.78. The lowest BCUT2D eigenvalue weighted by molar-refractivity contribution is -0.137. The van der Waals surface area contributed by atoms with E-state index in [4.69, 9.17) is 15.6 Å². The van der Waals surface area contributed by atoms with Gasteiger partial charge in [-0.05, 0) is 55.6 Å². The van der Waals surface area contributed by atoms with Gasteiger partial charge in [0.15, 0.2) is 0 Å². The highest BCUT2D eigenvalue weighted by molar-refractivity contribution is 5.63. The van der Waals surface area contributed by atoms with Crippen molar-refractivity contribution in [3.8, 4) is 11.3 Å². The van der Waals surface area contributed by atoms with Crippen LogP contribution in [-0.4, -0.2) is 52.0 Å². The SMILES string of the molecule is Nc1ncc(-c2cc([C@H]3[C@@H]4C[C@@H](N5CCOCC5)C[C@@H]43)n(CC3CC3)n2)cc1C(F)(F)F. The van der Waals surface area contributed by atoms with Crippen LogP contribution in [0.15, 0.2) is 18.3 Å². The van der Waals surface area contributed by atoms with E-state index in [1.165, 1.54) is 37.6 Å². The zero-order chi connectivity index (χ0) is 22.0. The van der Waals surface area contributed by atoms with E-state index >= 15 is 0 Å². The molecule has 4 atom stereocenters. The molecular weight excluding hydrogens is 419 g/mol. The molecule has 0 bridgehead atoms. The lowest BCUT2D eigenvalue weighted by Crippen LogP contribution is -2.43. The van der Waals surface area contributed by atoms with Crippen molar-refractivity contribution in [1.29, 1.82) is 0 Å². The second-order valence-corrected chi connectivity index (χ2v) is 9.86. The minimum Gasteiger partial charge on any atom is -0.383 e. The van der Waals surface area contributed by atoms with Crippen molar-refractivity contribution in [1.82, 2.24) is 19.7 Å². The van der Waals surface area contributed by atoms with Gasteiger partial charge < -0.3 is 10.5 Å². The van der Waals surface area contributed by atoms with E-state index in [0.29, 0.717) is 41.0 Å². The Morgan fingerprint density at radius 3 is 2.47 bits per heavy atom. The van der Waals surface area contributed by atoms with Gasteiger partial charge in [-0.3, -0.25) is 9.58 Å². The molecule has 3 heterocycles. The van der Waals surface area contributed by atoms with E-state index in [9.17, 15) is 13.2 Å². The maximum absolute atomic E-state index is 13.3. The van der Waals surface area contributed by atoms with E-state index < -0.39 is 17.6 Å². The monoisotopic (exact) mass is 447 g/mol. The van der Waals surface area contributed by atoms with Crippen molar-refractivity contribution in [2.45, 2.75) is 50.4 Å². The molecule has 1 aliphatic heterocycles. The van der Waals surface area contributed by atoms with Crippen LogP contribution in [0.4, 0.5) is 19.0 Å². The smallest absolute Gasteiger partial charge is 0.383 e.